The van der Waals surface area contributed by atoms with Gasteiger partial charge >= 0.3 is 5.97 Å². The van der Waals surface area contributed by atoms with Gasteiger partial charge < -0.3 is 10.0 Å². The second-order valence-corrected chi connectivity index (χ2v) is 4.63. The Hall–Kier alpha value is -1.62. The first-order chi connectivity index (χ1) is 8.44. The van der Waals surface area contributed by atoms with E-state index in [1.165, 1.54) is 11.0 Å². The van der Waals surface area contributed by atoms with Gasteiger partial charge in [0.05, 0.1) is 17.1 Å². The van der Waals surface area contributed by atoms with Crippen LogP contribution in [-0.4, -0.2) is 40.6 Å². The van der Waals surface area contributed by atoms with Crippen molar-refractivity contribution in [2.75, 3.05) is 13.1 Å². The number of alkyl halides is 1. The maximum absolute atomic E-state index is 13.8. The number of carbonyl (C=O) groups excluding carboxylic acids is 1. The van der Waals surface area contributed by atoms with Gasteiger partial charge in [0.15, 0.2) is 0 Å². The molecule has 0 radical (unpaired) electrons. The van der Waals surface area contributed by atoms with Gasteiger partial charge in [-0.1, -0.05) is 23.7 Å². The molecule has 1 aliphatic rings. The van der Waals surface area contributed by atoms with Gasteiger partial charge in [-0.05, 0) is 12.1 Å². The number of carboxylic acids is 1. The fraction of sp³-hybridized carbons (Fsp3) is 0.333. The quantitative estimate of drug-likeness (QED) is 0.895. The highest BCUT2D eigenvalue weighted by Gasteiger charge is 2.47. The minimum atomic E-state index is -2.35. The topological polar surface area (TPSA) is 57.6 Å². The van der Waals surface area contributed by atoms with Gasteiger partial charge in [-0.15, -0.1) is 0 Å². The predicted molar refractivity (Wildman–Crippen MR) is 63.4 cm³/mol. The standard InChI is InChI=1S/C12H11ClFNO3/c13-9-4-2-1-3-8(9)10(16)15-6-5-12(14,7-15)11(17)18/h1-4H,5-7H2,(H,17,18). The van der Waals surface area contributed by atoms with Crippen LogP contribution in [0, 0.1) is 0 Å². The molecule has 0 spiro atoms. The van der Waals surface area contributed by atoms with Crippen LogP contribution in [0.25, 0.3) is 0 Å². The van der Waals surface area contributed by atoms with Gasteiger partial charge in [-0.25, -0.2) is 9.18 Å². The van der Waals surface area contributed by atoms with Crippen molar-refractivity contribution in [3.8, 4) is 0 Å². The lowest BCUT2D eigenvalue weighted by Gasteiger charge is -2.18. The molecule has 18 heavy (non-hydrogen) atoms. The summed E-state index contributed by atoms with van der Waals surface area (Å²) in [5, 5.41) is 9.03. The fourth-order valence-electron chi connectivity index (χ4n) is 1.93. The van der Waals surface area contributed by atoms with Crippen molar-refractivity contribution in [1.29, 1.82) is 0 Å². The smallest absolute Gasteiger partial charge is 0.343 e. The third kappa shape index (κ3) is 2.18. The molecule has 0 aliphatic carbocycles. The van der Waals surface area contributed by atoms with E-state index in [1.807, 2.05) is 0 Å². The average molecular weight is 272 g/mol. The first-order valence-corrected chi connectivity index (χ1v) is 5.78. The summed E-state index contributed by atoms with van der Waals surface area (Å²) < 4.78 is 13.8. The van der Waals surface area contributed by atoms with E-state index in [9.17, 15) is 14.0 Å². The van der Waals surface area contributed by atoms with Crippen LogP contribution in [0.5, 0.6) is 0 Å². The third-order valence-electron chi connectivity index (χ3n) is 2.99. The SMILES string of the molecule is O=C(c1ccccc1Cl)N1CCC(F)(C(=O)O)C1. The summed E-state index contributed by atoms with van der Waals surface area (Å²) in [5.74, 6) is -1.97. The number of rotatable bonds is 2. The Morgan fingerprint density at radius 1 is 1.39 bits per heavy atom. The lowest BCUT2D eigenvalue weighted by molar-refractivity contribution is -0.149. The summed E-state index contributed by atoms with van der Waals surface area (Å²) in [5.41, 5.74) is -2.09. The Morgan fingerprint density at radius 2 is 2.06 bits per heavy atom. The van der Waals surface area contributed by atoms with Gasteiger partial charge in [0.1, 0.15) is 0 Å². The Balaban J connectivity index is 2.18. The van der Waals surface area contributed by atoms with Crippen LogP contribution in [-0.2, 0) is 4.79 Å². The van der Waals surface area contributed by atoms with Crippen molar-refractivity contribution in [3.05, 3.63) is 34.9 Å². The van der Waals surface area contributed by atoms with Crippen molar-refractivity contribution in [3.63, 3.8) is 0 Å². The normalized spacial score (nSPS) is 23.1. The van der Waals surface area contributed by atoms with Gasteiger partial charge in [0.2, 0.25) is 5.67 Å². The average Bonchev–Trinajstić information content (AvgIpc) is 2.73. The molecule has 1 fully saturated rings. The molecule has 1 aliphatic heterocycles. The number of carboxylic acid groups (broad SMARTS) is 1. The number of benzene rings is 1. The lowest BCUT2D eigenvalue weighted by atomic mass is 10.1. The molecule has 0 saturated carbocycles. The van der Waals surface area contributed by atoms with E-state index in [2.05, 4.69) is 0 Å². The number of hydrogen-bond donors (Lipinski definition) is 1. The van der Waals surface area contributed by atoms with Crippen LogP contribution < -0.4 is 0 Å². The van der Waals surface area contributed by atoms with Crippen molar-refractivity contribution in [2.45, 2.75) is 12.1 Å². The van der Waals surface area contributed by atoms with Crippen molar-refractivity contribution in [1.82, 2.24) is 4.90 Å². The first-order valence-electron chi connectivity index (χ1n) is 5.40. The van der Waals surface area contributed by atoms with E-state index in [-0.39, 0.29) is 23.6 Å². The summed E-state index contributed by atoms with van der Waals surface area (Å²) in [6, 6.07) is 6.42. The maximum Gasteiger partial charge on any atom is 0.343 e. The zero-order valence-corrected chi connectivity index (χ0v) is 10.2. The molecule has 1 unspecified atom stereocenters. The van der Waals surface area contributed by atoms with Gasteiger partial charge in [-0.3, -0.25) is 4.79 Å². The molecule has 4 nitrogen and oxygen atoms in total. The largest absolute Gasteiger partial charge is 0.479 e. The molecule has 1 N–H and O–H groups in total. The van der Waals surface area contributed by atoms with E-state index in [0.717, 1.165) is 0 Å². The van der Waals surface area contributed by atoms with Crippen molar-refractivity contribution in [2.24, 2.45) is 0 Å². The van der Waals surface area contributed by atoms with Crippen LogP contribution in [0.4, 0.5) is 4.39 Å². The van der Waals surface area contributed by atoms with Crippen molar-refractivity contribution >= 4 is 23.5 Å². The van der Waals surface area contributed by atoms with Crippen LogP contribution in [0.3, 0.4) is 0 Å². The second kappa shape index (κ2) is 4.57. The molecule has 96 valence electrons. The number of hydrogen-bond acceptors (Lipinski definition) is 2. The minimum Gasteiger partial charge on any atom is -0.479 e. The lowest BCUT2D eigenvalue weighted by Crippen LogP contribution is -2.38. The van der Waals surface area contributed by atoms with Crippen LogP contribution in [0.2, 0.25) is 5.02 Å². The molecule has 1 aromatic rings. The number of halogens is 2. The van der Waals surface area contributed by atoms with E-state index >= 15 is 0 Å². The van der Waals surface area contributed by atoms with E-state index in [4.69, 9.17) is 16.7 Å². The van der Waals surface area contributed by atoms with Gasteiger partial charge in [0.25, 0.3) is 5.91 Å². The minimum absolute atomic E-state index is 0.0762. The Morgan fingerprint density at radius 3 is 2.61 bits per heavy atom. The van der Waals surface area contributed by atoms with E-state index in [1.54, 1.807) is 18.2 Å². The van der Waals surface area contributed by atoms with Crippen LogP contribution in [0.1, 0.15) is 16.8 Å². The molecule has 6 heteroatoms. The molecule has 0 aromatic heterocycles. The summed E-state index contributed by atoms with van der Waals surface area (Å²) in [6.07, 6.45) is -0.196. The Kier molecular flexibility index (Phi) is 3.26. The number of likely N-dealkylation sites (tertiary alicyclic amines) is 1. The highest BCUT2D eigenvalue weighted by molar-refractivity contribution is 6.33. The zero-order chi connectivity index (χ0) is 13.3. The maximum atomic E-state index is 13.8. The fourth-order valence-corrected chi connectivity index (χ4v) is 2.14. The van der Waals surface area contributed by atoms with E-state index in [0.29, 0.717) is 0 Å². The molecular formula is C12H11ClFNO3. The van der Waals surface area contributed by atoms with Crippen LogP contribution in [0.15, 0.2) is 24.3 Å². The summed E-state index contributed by atoms with van der Waals surface area (Å²) in [7, 11) is 0. The number of nitrogens with zero attached hydrogens (tertiary/aromatic N) is 1. The molecule has 2 rings (SSSR count). The predicted octanol–water partition coefficient (Wildman–Crippen LogP) is 1.98. The molecule has 0 bridgehead atoms. The second-order valence-electron chi connectivity index (χ2n) is 4.23. The summed E-state index contributed by atoms with van der Waals surface area (Å²) in [4.78, 5) is 24.0. The Bertz CT molecular complexity index is 508. The molecule has 1 aromatic carbocycles. The summed E-state index contributed by atoms with van der Waals surface area (Å²) in [6.45, 7) is -0.362. The molecule has 1 amide bonds. The van der Waals surface area contributed by atoms with E-state index < -0.39 is 24.1 Å². The number of carbonyl (C=O) groups is 2. The Labute approximate surface area is 108 Å². The molecule has 1 saturated heterocycles. The highest BCUT2D eigenvalue weighted by atomic mass is 35.5. The third-order valence-corrected chi connectivity index (χ3v) is 3.32. The van der Waals surface area contributed by atoms with Gasteiger partial charge in [0, 0.05) is 13.0 Å². The molecule has 1 heterocycles. The zero-order valence-electron chi connectivity index (χ0n) is 9.40. The monoisotopic (exact) mass is 271 g/mol. The van der Waals surface area contributed by atoms with Crippen molar-refractivity contribution < 1.29 is 19.1 Å². The molecular weight excluding hydrogens is 261 g/mol. The molecule has 1 atom stereocenters. The number of amides is 1. The highest BCUT2D eigenvalue weighted by Crippen LogP contribution is 2.28. The first kappa shape index (κ1) is 12.8. The van der Waals surface area contributed by atoms with Gasteiger partial charge in [-0.2, -0.15) is 0 Å². The number of aliphatic carboxylic acids is 1. The van der Waals surface area contributed by atoms with Crippen LogP contribution >= 0.6 is 11.6 Å². The summed E-state index contributed by atoms with van der Waals surface area (Å²) >= 11 is 5.87.